The molecule has 2 aliphatic heterocycles. The minimum Gasteiger partial charge on any atom is -0.485 e. The fourth-order valence-electron chi connectivity index (χ4n) is 10.7. The highest BCUT2D eigenvalue weighted by Crippen LogP contribution is 2.51. The molecule has 1 atom stereocenters. The van der Waals surface area contributed by atoms with E-state index in [1.54, 1.807) is 0 Å². The van der Waals surface area contributed by atoms with Crippen LogP contribution >= 0.6 is 0 Å². The molecule has 6 aromatic rings. The maximum Gasteiger partial charge on any atom is 0.210 e. The average Bonchev–Trinajstić information content (AvgIpc) is 3.84. The number of pyridine rings is 1. The fourth-order valence-corrected chi connectivity index (χ4v) is 10.7. The number of hydrogen-bond acceptors (Lipinski definition) is 2. The van der Waals surface area contributed by atoms with E-state index < -0.39 is 0 Å². The number of rotatable bonds is 10. The molecule has 9 rings (SSSR count). The molecule has 0 fully saturated rings. The Hall–Kier alpha value is -6.00. The second kappa shape index (κ2) is 16.0. The summed E-state index contributed by atoms with van der Waals surface area (Å²) in [5, 5.41) is 5.26. The van der Waals surface area contributed by atoms with Gasteiger partial charge in [-0.15, -0.1) is 0 Å². The lowest BCUT2D eigenvalue weighted by Crippen LogP contribution is -2.34. The number of aromatic nitrogens is 1. The van der Waals surface area contributed by atoms with E-state index in [-0.39, 0.29) is 22.3 Å². The van der Waals surface area contributed by atoms with E-state index in [1.165, 1.54) is 77.7 Å². The van der Waals surface area contributed by atoms with Crippen LogP contribution in [0.15, 0.2) is 175 Å². The number of anilines is 1. The molecule has 0 radical (unpaired) electrons. The zero-order valence-corrected chi connectivity index (χ0v) is 38.3. The summed E-state index contributed by atoms with van der Waals surface area (Å²) in [5.41, 5.74) is 12.6. The Morgan fingerprint density at radius 3 is 2.00 bits per heavy atom. The highest BCUT2D eigenvalue weighted by atomic mass is 16.5. The summed E-state index contributed by atoms with van der Waals surface area (Å²) in [4.78, 5) is 2.52. The van der Waals surface area contributed by atoms with Gasteiger partial charge in [0.25, 0.3) is 0 Å². The lowest BCUT2D eigenvalue weighted by Gasteiger charge is -2.32. The Kier molecular flexibility index (Phi) is 10.7. The lowest BCUT2D eigenvalue weighted by atomic mass is 9.79. The van der Waals surface area contributed by atoms with Gasteiger partial charge < -0.3 is 9.64 Å². The molecule has 0 saturated carbocycles. The minimum atomic E-state index is -0.171. The molecule has 0 spiro atoms. The fraction of sp³-hybridized carbons (Fsp3) is 0.310. The third-order valence-electron chi connectivity index (χ3n) is 13.7. The predicted octanol–water partition coefficient (Wildman–Crippen LogP) is 13.8. The predicted molar refractivity (Wildman–Crippen MR) is 259 cm³/mol. The van der Waals surface area contributed by atoms with Crippen LogP contribution < -0.4 is 9.47 Å². The number of fused-ring (bicyclic) bond motifs is 6. The summed E-state index contributed by atoms with van der Waals surface area (Å²) < 4.78 is 12.3. The molecule has 0 bridgehead atoms. The highest BCUT2D eigenvalue weighted by molar-refractivity contribution is 6.07. The van der Waals surface area contributed by atoms with Crippen molar-refractivity contribution in [2.24, 2.45) is 5.41 Å². The maximum absolute atomic E-state index is 7.51. The van der Waals surface area contributed by atoms with Crippen LogP contribution in [-0.2, 0) is 22.1 Å². The lowest BCUT2D eigenvalue weighted by molar-refractivity contribution is -0.688. The molecule has 314 valence electrons. The van der Waals surface area contributed by atoms with Gasteiger partial charge in [0, 0.05) is 69.7 Å². The Morgan fingerprint density at radius 1 is 0.694 bits per heavy atom. The number of ether oxygens (including phenoxy) is 1. The van der Waals surface area contributed by atoms with Crippen molar-refractivity contribution in [3.63, 3.8) is 0 Å². The standard InChI is InChI=1S/C58H63N3O/c1-10-60-48-31-27-41-21-15-17-23-46(41)52(48)57(6,7)50(60)33-29-43-25-26-44(30-34-51-58(8,9)53-47-24-18-16-22-42(47)28-32-49(53)61(51)11-2)54(43)62-55(56(3,4)5)45-35-37-59(38-36-45)39-40-19-13-12-14-20-40/h12-24,27-38,55H,10-11,25-26,39H2,1-9H3/q+2. The third kappa shape index (κ3) is 7.21. The summed E-state index contributed by atoms with van der Waals surface area (Å²) >= 11 is 0. The first-order valence-corrected chi connectivity index (χ1v) is 22.8. The topological polar surface area (TPSA) is 19.4 Å². The Labute approximate surface area is 369 Å². The van der Waals surface area contributed by atoms with E-state index in [4.69, 9.17) is 4.74 Å². The van der Waals surface area contributed by atoms with Crippen LogP contribution in [0.3, 0.4) is 0 Å². The van der Waals surface area contributed by atoms with Crippen LogP contribution in [0.25, 0.3) is 21.5 Å². The molecule has 4 heteroatoms. The molecular weight excluding hydrogens is 755 g/mol. The van der Waals surface area contributed by atoms with Gasteiger partial charge in [-0.25, -0.2) is 4.57 Å². The van der Waals surface area contributed by atoms with Gasteiger partial charge in [-0.2, -0.15) is 4.58 Å². The minimum absolute atomic E-state index is 0.162. The molecule has 1 unspecified atom stereocenters. The molecule has 0 amide bonds. The number of likely N-dealkylation sites (N-methyl/N-ethyl adjacent to an activating group) is 1. The Bertz CT molecular complexity index is 2840. The third-order valence-corrected chi connectivity index (χ3v) is 13.7. The zero-order valence-electron chi connectivity index (χ0n) is 38.3. The number of nitrogens with zero attached hydrogens (tertiary/aromatic N) is 3. The second-order valence-corrected chi connectivity index (χ2v) is 19.6. The SMILES string of the molecule is CCN1/C(=C/C=C2\CCC(/C=C/C3=[N+](CC)c4ccc5ccccc5c4C3(C)C)=C2OC(c2cc[n+](Cc3ccccc3)cc2)C(C)(C)C)C(C)(C)c2c1ccc1ccccc21. The molecule has 62 heavy (non-hydrogen) atoms. The molecule has 0 N–H and O–H groups in total. The maximum atomic E-state index is 7.51. The zero-order chi connectivity index (χ0) is 43.4. The first-order valence-electron chi connectivity index (χ1n) is 22.8. The van der Waals surface area contributed by atoms with E-state index in [0.717, 1.165) is 38.2 Å². The molecular formula is C58H63N3O+2. The van der Waals surface area contributed by atoms with Crippen LogP contribution in [-0.4, -0.2) is 23.4 Å². The Morgan fingerprint density at radius 2 is 1.34 bits per heavy atom. The second-order valence-electron chi connectivity index (χ2n) is 19.6. The summed E-state index contributed by atoms with van der Waals surface area (Å²) in [7, 11) is 0. The number of benzene rings is 5. The van der Waals surface area contributed by atoms with E-state index >= 15 is 0 Å². The van der Waals surface area contributed by atoms with Crippen molar-refractivity contribution in [3.8, 4) is 0 Å². The summed E-state index contributed by atoms with van der Waals surface area (Å²) in [6.45, 7) is 23.7. The van der Waals surface area contributed by atoms with Crippen molar-refractivity contribution in [3.05, 3.63) is 197 Å². The highest BCUT2D eigenvalue weighted by Gasteiger charge is 2.45. The molecule has 1 aromatic heterocycles. The van der Waals surface area contributed by atoms with Gasteiger partial charge in [-0.05, 0) is 103 Å². The number of allylic oxidation sites excluding steroid dienone is 7. The van der Waals surface area contributed by atoms with Gasteiger partial charge in [0.15, 0.2) is 24.7 Å². The van der Waals surface area contributed by atoms with Gasteiger partial charge in [0.1, 0.15) is 18.4 Å². The van der Waals surface area contributed by atoms with Gasteiger partial charge in [0.05, 0.1) is 5.41 Å². The van der Waals surface area contributed by atoms with Crippen LogP contribution in [0.1, 0.15) is 104 Å². The summed E-state index contributed by atoms with van der Waals surface area (Å²) in [6.07, 6.45) is 15.7. The van der Waals surface area contributed by atoms with E-state index in [9.17, 15) is 0 Å². The molecule has 1 aliphatic carbocycles. The molecule has 3 heterocycles. The van der Waals surface area contributed by atoms with E-state index in [1.807, 2.05) is 0 Å². The van der Waals surface area contributed by atoms with Crippen molar-refractivity contribution >= 4 is 38.6 Å². The van der Waals surface area contributed by atoms with Crippen LogP contribution in [0, 0.1) is 5.41 Å². The van der Waals surface area contributed by atoms with E-state index in [0.29, 0.717) is 0 Å². The van der Waals surface area contributed by atoms with Gasteiger partial charge in [-0.1, -0.05) is 126 Å². The first kappa shape index (κ1) is 41.4. The van der Waals surface area contributed by atoms with Crippen LogP contribution in [0.2, 0.25) is 0 Å². The first-order chi connectivity index (χ1) is 29.8. The summed E-state index contributed by atoms with van der Waals surface area (Å²) in [6, 6.07) is 42.1. The van der Waals surface area contributed by atoms with E-state index in [2.05, 4.69) is 228 Å². The van der Waals surface area contributed by atoms with Gasteiger partial charge >= 0.3 is 0 Å². The van der Waals surface area contributed by atoms with Crippen molar-refractivity contribution in [1.82, 2.24) is 0 Å². The molecule has 5 aromatic carbocycles. The smallest absolute Gasteiger partial charge is 0.210 e. The largest absolute Gasteiger partial charge is 0.485 e. The van der Waals surface area contributed by atoms with Crippen molar-refractivity contribution in [2.45, 2.75) is 98.6 Å². The molecule has 3 aliphatic rings. The van der Waals surface area contributed by atoms with Gasteiger partial charge in [-0.3, -0.25) is 0 Å². The number of hydrogen-bond donors (Lipinski definition) is 0. The quantitative estimate of drug-likeness (QED) is 0.128. The monoisotopic (exact) mass is 817 g/mol. The average molecular weight is 818 g/mol. The van der Waals surface area contributed by atoms with Crippen LogP contribution in [0.4, 0.5) is 11.4 Å². The van der Waals surface area contributed by atoms with Crippen molar-refractivity contribution < 1.29 is 13.9 Å². The van der Waals surface area contributed by atoms with Crippen LogP contribution in [0.5, 0.6) is 0 Å². The molecule has 0 saturated heterocycles. The summed E-state index contributed by atoms with van der Waals surface area (Å²) in [5.74, 6) is 1.02. The Balaban J connectivity index is 1.14. The van der Waals surface area contributed by atoms with Crippen molar-refractivity contribution in [1.29, 1.82) is 0 Å². The van der Waals surface area contributed by atoms with Gasteiger partial charge in [0.2, 0.25) is 5.69 Å². The van der Waals surface area contributed by atoms with Crippen molar-refractivity contribution in [2.75, 3.05) is 18.0 Å². The molecule has 4 nitrogen and oxygen atoms in total. The normalized spacial score (nSPS) is 18.8.